The number of amides is 2. The van der Waals surface area contributed by atoms with Crippen LogP contribution in [0, 0.1) is 17.8 Å². The Kier molecular flexibility index (Phi) is 4.56. The first-order chi connectivity index (χ1) is 12.9. The number of carbonyl (C=O) groups excluding carboxylic acids is 2. The quantitative estimate of drug-likeness (QED) is 0.728. The maximum absolute atomic E-state index is 12.6. The molecule has 4 saturated carbocycles. The summed E-state index contributed by atoms with van der Waals surface area (Å²) in [6.07, 6.45) is 8.64. The van der Waals surface area contributed by atoms with Gasteiger partial charge in [0.15, 0.2) is 0 Å². The van der Waals surface area contributed by atoms with Gasteiger partial charge in [-0.25, -0.2) is 4.98 Å². The zero-order chi connectivity index (χ0) is 19.2. The number of hydrogen-bond donors (Lipinski definition) is 3. The molecule has 1 aromatic rings. The van der Waals surface area contributed by atoms with E-state index in [-0.39, 0.29) is 16.9 Å². The van der Waals surface area contributed by atoms with Crippen molar-refractivity contribution in [3.05, 3.63) is 27.9 Å². The molecule has 1 heterocycles. The number of nitrogens with one attached hydrogen (secondary N) is 3. The predicted molar refractivity (Wildman–Crippen MR) is 100 cm³/mol. The van der Waals surface area contributed by atoms with Crippen molar-refractivity contribution < 1.29 is 9.59 Å². The summed E-state index contributed by atoms with van der Waals surface area (Å²) < 4.78 is 0. The smallest absolute Gasteiger partial charge is 0.263 e. The average molecular weight is 372 g/mol. The lowest BCUT2D eigenvalue weighted by atomic mass is 9.49. The molecular weight excluding hydrogens is 344 g/mol. The Bertz CT molecular complexity index is 780. The minimum absolute atomic E-state index is 0.0166. The molecule has 146 valence electrons. The van der Waals surface area contributed by atoms with Crippen LogP contribution in [0.15, 0.2) is 11.0 Å². The van der Waals surface area contributed by atoms with Crippen LogP contribution in [0.4, 0.5) is 0 Å². The highest BCUT2D eigenvalue weighted by atomic mass is 16.2. The fraction of sp³-hybridized carbons (Fsp3) is 0.700. The van der Waals surface area contributed by atoms with Crippen molar-refractivity contribution in [3.8, 4) is 0 Å². The van der Waals surface area contributed by atoms with Crippen LogP contribution in [-0.2, 0) is 10.2 Å². The van der Waals surface area contributed by atoms with Gasteiger partial charge in [-0.3, -0.25) is 14.4 Å². The van der Waals surface area contributed by atoms with Crippen LogP contribution in [0.5, 0.6) is 0 Å². The van der Waals surface area contributed by atoms with Crippen LogP contribution < -0.4 is 16.2 Å². The summed E-state index contributed by atoms with van der Waals surface area (Å²) in [4.78, 5) is 44.2. The zero-order valence-corrected chi connectivity index (χ0v) is 16.0. The fourth-order valence-electron chi connectivity index (χ4n) is 5.89. The molecule has 0 saturated heterocycles. The van der Waals surface area contributed by atoms with E-state index in [4.69, 9.17) is 0 Å². The van der Waals surface area contributed by atoms with E-state index in [1.54, 1.807) is 6.92 Å². The Morgan fingerprint density at radius 3 is 2.33 bits per heavy atom. The van der Waals surface area contributed by atoms with Gasteiger partial charge in [0.1, 0.15) is 17.4 Å². The van der Waals surface area contributed by atoms with E-state index < -0.39 is 17.5 Å². The molecule has 2 amide bonds. The van der Waals surface area contributed by atoms with Gasteiger partial charge < -0.3 is 15.6 Å². The minimum atomic E-state index is -0.709. The Hall–Kier alpha value is -2.18. The van der Waals surface area contributed by atoms with E-state index in [1.807, 2.05) is 6.92 Å². The lowest BCUT2D eigenvalue weighted by Crippen LogP contribution is -2.50. The first-order valence-electron chi connectivity index (χ1n) is 10.1. The van der Waals surface area contributed by atoms with Gasteiger partial charge in [-0.1, -0.05) is 0 Å². The van der Waals surface area contributed by atoms with Crippen molar-refractivity contribution in [1.82, 2.24) is 20.6 Å². The van der Waals surface area contributed by atoms with Gasteiger partial charge in [0.2, 0.25) is 5.91 Å². The van der Waals surface area contributed by atoms with E-state index in [0.29, 0.717) is 6.54 Å². The molecule has 5 rings (SSSR count). The molecule has 0 radical (unpaired) electrons. The molecule has 0 aliphatic heterocycles. The SMILES string of the molecule is CCNC(=O)C(C)NC(=O)c1cnc(C23CC4CC(CC(C4)C2)C3)[nH]c1=O. The van der Waals surface area contributed by atoms with Gasteiger partial charge in [0.25, 0.3) is 11.5 Å². The van der Waals surface area contributed by atoms with Crippen LogP contribution in [-0.4, -0.2) is 34.4 Å². The number of nitrogens with zero attached hydrogens (tertiary/aromatic N) is 1. The second-order valence-corrected chi connectivity index (χ2v) is 8.76. The Labute approximate surface area is 158 Å². The summed E-state index contributed by atoms with van der Waals surface area (Å²) in [7, 11) is 0. The van der Waals surface area contributed by atoms with Crippen molar-refractivity contribution in [3.63, 3.8) is 0 Å². The maximum Gasteiger partial charge on any atom is 0.263 e. The molecule has 4 aliphatic rings. The number of H-pyrrole nitrogens is 1. The molecule has 4 aliphatic carbocycles. The third-order valence-corrected chi connectivity index (χ3v) is 6.68. The van der Waals surface area contributed by atoms with E-state index >= 15 is 0 Å². The summed E-state index contributed by atoms with van der Waals surface area (Å²) in [5, 5.41) is 5.21. The third-order valence-electron chi connectivity index (χ3n) is 6.68. The molecular formula is C20H28N4O3. The van der Waals surface area contributed by atoms with Crippen LogP contribution >= 0.6 is 0 Å². The number of aromatic amines is 1. The lowest BCUT2D eigenvalue weighted by molar-refractivity contribution is -0.122. The first-order valence-corrected chi connectivity index (χ1v) is 10.1. The molecule has 3 N–H and O–H groups in total. The van der Waals surface area contributed by atoms with Crippen LogP contribution in [0.3, 0.4) is 0 Å². The largest absolute Gasteiger partial charge is 0.355 e. The van der Waals surface area contributed by atoms with E-state index in [0.717, 1.165) is 42.8 Å². The van der Waals surface area contributed by atoms with Gasteiger partial charge in [0, 0.05) is 18.2 Å². The summed E-state index contributed by atoms with van der Waals surface area (Å²) >= 11 is 0. The number of carbonyl (C=O) groups is 2. The number of aromatic nitrogens is 2. The number of likely N-dealkylation sites (N-methyl/N-ethyl adjacent to an activating group) is 1. The molecule has 1 aromatic heterocycles. The van der Waals surface area contributed by atoms with Crippen LogP contribution in [0.2, 0.25) is 0 Å². The highest BCUT2D eigenvalue weighted by molar-refractivity contribution is 5.96. The second-order valence-electron chi connectivity index (χ2n) is 8.76. The van der Waals surface area contributed by atoms with Crippen molar-refractivity contribution >= 4 is 11.8 Å². The summed E-state index contributed by atoms with van der Waals surface area (Å²) in [5.41, 5.74) is -0.479. The molecule has 1 unspecified atom stereocenters. The summed E-state index contributed by atoms with van der Waals surface area (Å²) in [6.45, 7) is 3.89. The predicted octanol–water partition coefficient (Wildman–Crippen LogP) is 1.49. The molecule has 1 atom stereocenters. The molecule has 4 fully saturated rings. The van der Waals surface area contributed by atoms with Crippen molar-refractivity contribution in [2.45, 2.75) is 63.8 Å². The maximum atomic E-state index is 12.6. The van der Waals surface area contributed by atoms with E-state index in [2.05, 4.69) is 20.6 Å². The number of rotatable bonds is 5. The van der Waals surface area contributed by atoms with Gasteiger partial charge in [-0.2, -0.15) is 0 Å². The van der Waals surface area contributed by atoms with Crippen molar-refractivity contribution in [1.29, 1.82) is 0 Å². The topological polar surface area (TPSA) is 104 Å². The zero-order valence-electron chi connectivity index (χ0n) is 16.0. The van der Waals surface area contributed by atoms with Gasteiger partial charge in [-0.15, -0.1) is 0 Å². The molecule has 0 spiro atoms. The van der Waals surface area contributed by atoms with Gasteiger partial charge in [-0.05, 0) is 70.1 Å². The second kappa shape index (κ2) is 6.77. The molecule has 0 aromatic carbocycles. The van der Waals surface area contributed by atoms with Crippen LogP contribution in [0.1, 0.15) is 68.6 Å². The highest BCUT2D eigenvalue weighted by Crippen LogP contribution is 2.59. The van der Waals surface area contributed by atoms with Crippen LogP contribution in [0.25, 0.3) is 0 Å². The van der Waals surface area contributed by atoms with Gasteiger partial charge in [0.05, 0.1) is 0 Å². The number of hydrogen-bond acceptors (Lipinski definition) is 4. The standard InChI is InChI=1S/C20H28N4O3/c1-3-21-16(25)11(2)23-17(26)15-10-22-19(24-18(15)27)20-7-12-4-13(8-20)6-14(5-12)9-20/h10-14H,3-9H2,1-2H3,(H,21,25)(H,23,26)(H,22,24,27). The average Bonchev–Trinajstić information content (AvgIpc) is 2.60. The summed E-state index contributed by atoms with van der Waals surface area (Å²) in [6, 6.07) is -0.709. The fourth-order valence-corrected chi connectivity index (χ4v) is 5.89. The third kappa shape index (κ3) is 3.28. The Morgan fingerprint density at radius 2 is 1.81 bits per heavy atom. The molecule has 27 heavy (non-hydrogen) atoms. The van der Waals surface area contributed by atoms with Crippen molar-refractivity contribution in [2.75, 3.05) is 6.54 Å². The minimum Gasteiger partial charge on any atom is -0.355 e. The Balaban J connectivity index is 1.52. The van der Waals surface area contributed by atoms with E-state index in [1.165, 1.54) is 25.5 Å². The van der Waals surface area contributed by atoms with Crippen molar-refractivity contribution in [2.24, 2.45) is 17.8 Å². The highest BCUT2D eigenvalue weighted by Gasteiger charge is 2.52. The molecule has 7 nitrogen and oxygen atoms in total. The summed E-state index contributed by atoms with van der Waals surface area (Å²) in [5.74, 6) is 2.16. The van der Waals surface area contributed by atoms with E-state index in [9.17, 15) is 14.4 Å². The molecule has 7 heteroatoms. The monoisotopic (exact) mass is 372 g/mol. The lowest BCUT2D eigenvalue weighted by Gasteiger charge is -2.56. The first kappa shape index (κ1) is 18.2. The van der Waals surface area contributed by atoms with Gasteiger partial charge >= 0.3 is 0 Å². The Morgan fingerprint density at radius 1 is 1.22 bits per heavy atom. The molecule has 4 bridgehead atoms. The normalized spacial score (nSPS) is 32.1.